The summed E-state index contributed by atoms with van der Waals surface area (Å²) in [5.74, 6) is 0.575. The molecule has 1 aromatic rings. The number of carbonyl (C=O) groups is 2. The van der Waals surface area contributed by atoms with Crippen molar-refractivity contribution in [3.8, 4) is 11.5 Å². The second-order valence-corrected chi connectivity index (χ2v) is 6.81. The predicted octanol–water partition coefficient (Wildman–Crippen LogP) is 2.34. The lowest BCUT2D eigenvalue weighted by Gasteiger charge is -2.24. The number of hydrogen-bond acceptors (Lipinski definition) is 4. The first kappa shape index (κ1) is 17.1. The summed E-state index contributed by atoms with van der Waals surface area (Å²) in [6.45, 7) is 5.68. The highest BCUT2D eigenvalue weighted by atomic mass is 16.5. The molecule has 6 nitrogen and oxygen atoms in total. The molecule has 1 fully saturated rings. The Morgan fingerprint density at radius 1 is 1.09 bits per heavy atom. The van der Waals surface area contributed by atoms with Gasteiger partial charge in [0.1, 0.15) is 16.9 Å². The van der Waals surface area contributed by atoms with Crippen molar-refractivity contribution in [2.24, 2.45) is 5.41 Å². The first-order valence-electron chi connectivity index (χ1n) is 7.58. The lowest BCUT2D eigenvalue weighted by atomic mass is 10.0. The van der Waals surface area contributed by atoms with Gasteiger partial charge in [-0.1, -0.05) is 0 Å². The summed E-state index contributed by atoms with van der Waals surface area (Å²) in [5, 5.41) is 5.68. The van der Waals surface area contributed by atoms with Gasteiger partial charge in [-0.15, -0.1) is 0 Å². The highest BCUT2D eigenvalue weighted by Gasteiger charge is 2.57. The molecule has 2 N–H and O–H groups in total. The van der Waals surface area contributed by atoms with Gasteiger partial charge in [0.2, 0.25) is 11.8 Å². The molecule has 0 heterocycles. The van der Waals surface area contributed by atoms with Crippen LogP contribution in [0.1, 0.15) is 33.6 Å². The van der Waals surface area contributed by atoms with Crippen molar-refractivity contribution in [2.75, 3.05) is 19.5 Å². The third-order valence-electron chi connectivity index (χ3n) is 3.76. The molecule has 23 heavy (non-hydrogen) atoms. The minimum atomic E-state index is -0.985. The van der Waals surface area contributed by atoms with Crippen LogP contribution in [0.2, 0.25) is 0 Å². The van der Waals surface area contributed by atoms with Crippen LogP contribution in [0, 0.1) is 5.41 Å². The highest BCUT2D eigenvalue weighted by Crippen LogP contribution is 2.47. The fourth-order valence-electron chi connectivity index (χ4n) is 2.30. The van der Waals surface area contributed by atoms with Gasteiger partial charge in [-0.2, -0.15) is 0 Å². The number of methoxy groups -OCH3 is 2. The van der Waals surface area contributed by atoms with E-state index in [9.17, 15) is 9.59 Å². The summed E-state index contributed by atoms with van der Waals surface area (Å²) >= 11 is 0. The van der Waals surface area contributed by atoms with E-state index in [0.29, 0.717) is 30.0 Å². The number of carbonyl (C=O) groups excluding carboxylic acids is 2. The van der Waals surface area contributed by atoms with Crippen molar-refractivity contribution in [2.45, 2.75) is 39.2 Å². The highest BCUT2D eigenvalue weighted by molar-refractivity contribution is 6.13. The largest absolute Gasteiger partial charge is 0.497 e. The number of hydrogen-bond donors (Lipinski definition) is 2. The quantitative estimate of drug-likeness (QED) is 0.817. The molecule has 1 aliphatic carbocycles. The Kier molecular flexibility index (Phi) is 4.54. The zero-order valence-corrected chi connectivity index (χ0v) is 14.3. The van der Waals surface area contributed by atoms with E-state index in [-0.39, 0.29) is 17.4 Å². The normalized spacial score (nSPS) is 15.5. The summed E-state index contributed by atoms with van der Waals surface area (Å²) in [6, 6.07) is 5.13. The molecule has 6 heteroatoms. The summed E-state index contributed by atoms with van der Waals surface area (Å²) in [4.78, 5) is 25.0. The molecule has 2 rings (SSSR count). The molecule has 1 saturated carbocycles. The Morgan fingerprint density at radius 3 is 2.22 bits per heavy atom. The average Bonchev–Trinajstić information content (AvgIpc) is 3.27. The first-order chi connectivity index (χ1) is 10.7. The van der Waals surface area contributed by atoms with Crippen LogP contribution in [-0.4, -0.2) is 31.6 Å². The van der Waals surface area contributed by atoms with E-state index in [1.807, 2.05) is 20.8 Å². The Balaban J connectivity index is 2.17. The molecule has 1 aliphatic rings. The second kappa shape index (κ2) is 6.10. The summed E-state index contributed by atoms with van der Waals surface area (Å²) in [6.07, 6.45) is 1.10. The van der Waals surface area contributed by atoms with Crippen LogP contribution in [0.25, 0.3) is 0 Å². The molecule has 0 bridgehead atoms. The van der Waals surface area contributed by atoms with Gasteiger partial charge in [-0.3, -0.25) is 9.59 Å². The van der Waals surface area contributed by atoms with Gasteiger partial charge in [0.25, 0.3) is 0 Å². The van der Waals surface area contributed by atoms with Crippen LogP contribution in [0.3, 0.4) is 0 Å². The van der Waals surface area contributed by atoms with E-state index in [1.54, 1.807) is 25.3 Å². The first-order valence-corrected chi connectivity index (χ1v) is 7.58. The topological polar surface area (TPSA) is 76.7 Å². The van der Waals surface area contributed by atoms with Crippen LogP contribution in [0.15, 0.2) is 18.2 Å². The van der Waals surface area contributed by atoms with E-state index >= 15 is 0 Å². The van der Waals surface area contributed by atoms with Gasteiger partial charge >= 0.3 is 0 Å². The van der Waals surface area contributed by atoms with Gasteiger partial charge in [0.15, 0.2) is 0 Å². The van der Waals surface area contributed by atoms with Crippen molar-refractivity contribution in [3.63, 3.8) is 0 Å². The molecule has 0 unspecified atom stereocenters. The van der Waals surface area contributed by atoms with Crippen LogP contribution in [0.5, 0.6) is 11.5 Å². The Hall–Kier alpha value is -2.24. The number of rotatable bonds is 5. The van der Waals surface area contributed by atoms with Crippen molar-refractivity contribution in [1.82, 2.24) is 5.32 Å². The number of ether oxygens (including phenoxy) is 2. The molecule has 0 atom stereocenters. The average molecular weight is 320 g/mol. The minimum Gasteiger partial charge on any atom is -0.497 e. The van der Waals surface area contributed by atoms with Crippen molar-refractivity contribution >= 4 is 17.5 Å². The van der Waals surface area contributed by atoms with E-state index in [1.165, 1.54) is 7.11 Å². The van der Waals surface area contributed by atoms with Crippen molar-refractivity contribution in [1.29, 1.82) is 0 Å². The number of amides is 2. The van der Waals surface area contributed by atoms with E-state index in [2.05, 4.69) is 10.6 Å². The van der Waals surface area contributed by atoms with Crippen LogP contribution < -0.4 is 20.1 Å². The lowest BCUT2D eigenvalue weighted by Crippen LogP contribution is -2.48. The Labute approximate surface area is 136 Å². The number of benzene rings is 1. The SMILES string of the molecule is COc1ccc(OC)c(NC(=O)C2(C(=O)NC(C)(C)C)CC2)c1. The smallest absolute Gasteiger partial charge is 0.240 e. The summed E-state index contributed by atoms with van der Waals surface area (Å²) in [7, 11) is 3.07. The van der Waals surface area contributed by atoms with E-state index in [0.717, 1.165) is 0 Å². The molecule has 0 radical (unpaired) electrons. The fraction of sp³-hybridized carbons (Fsp3) is 0.529. The van der Waals surface area contributed by atoms with Gasteiger partial charge in [-0.25, -0.2) is 0 Å². The molecular formula is C17H24N2O4. The molecule has 1 aromatic carbocycles. The molecule has 0 aliphatic heterocycles. The van der Waals surface area contributed by atoms with E-state index in [4.69, 9.17) is 9.47 Å². The fourth-order valence-corrected chi connectivity index (χ4v) is 2.30. The second-order valence-electron chi connectivity index (χ2n) is 6.81. The van der Waals surface area contributed by atoms with Crippen LogP contribution in [0.4, 0.5) is 5.69 Å². The molecule has 126 valence electrons. The standard InChI is InChI=1S/C17H24N2O4/c1-16(2,3)19-15(21)17(8-9-17)14(20)18-12-10-11(22-4)6-7-13(12)23-5/h6-7,10H,8-9H2,1-5H3,(H,18,20)(H,19,21). The van der Waals surface area contributed by atoms with E-state index < -0.39 is 5.41 Å². The molecule has 0 aromatic heterocycles. The number of nitrogens with one attached hydrogen (secondary N) is 2. The zero-order chi connectivity index (χ0) is 17.3. The van der Waals surface area contributed by atoms with Gasteiger partial charge < -0.3 is 20.1 Å². The summed E-state index contributed by atoms with van der Waals surface area (Å²) < 4.78 is 10.4. The molecular weight excluding hydrogens is 296 g/mol. The van der Waals surface area contributed by atoms with Crippen LogP contribution in [-0.2, 0) is 9.59 Å². The van der Waals surface area contributed by atoms with Gasteiger partial charge in [0.05, 0.1) is 19.9 Å². The number of anilines is 1. The van der Waals surface area contributed by atoms with Gasteiger partial charge in [0, 0.05) is 11.6 Å². The predicted molar refractivity (Wildman–Crippen MR) is 87.7 cm³/mol. The Morgan fingerprint density at radius 2 is 1.74 bits per heavy atom. The van der Waals surface area contributed by atoms with Crippen molar-refractivity contribution in [3.05, 3.63) is 18.2 Å². The minimum absolute atomic E-state index is 0.232. The third kappa shape index (κ3) is 3.75. The molecule has 0 saturated heterocycles. The molecule has 0 spiro atoms. The van der Waals surface area contributed by atoms with Crippen molar-refractivity contribution < 1.29 is 19.1 Å². The Bertz CT molecular complexity index is 616. The molecule has 2 amide bonds. The maximum Gasteiger partial charge on any atom is 0.240 e. The van der Waals surface area contributed by atoms with Crippen LogP contribution >= 0.6 is 0 Å². The van der Waals surface area contributed by atoms with Gasteiger partial charge in [-0.05, 0) is 45.7 Å². The maximum absolute atomic E-state index is 12.6. The monoisotopic (exact) mass is 320 g/mol. The maximum atomic E-state index is 12.6. The third-order valence-corrected chi connectivity index (χ3v) is 3.76. The summed E-state index contributed by atoms with van der Waals surface area (Å²) in [5.41, 5.74) is -0.867. The lowest BCUT2D eigenvalue weighted by molar-refractivity contribution is -0.135. The zero-order valence-electron chi connectivity index (χ0n) is 14.3.